The molecule has 0 spiro atoms. The Labute approximate surface area is 123 Å². The number of rotatable bonds is 5. The highest BCUT2D eigenvalue weighted by atomic mass is 79.9. The number of amides is 1. The van der Waals surface area contributed by atoms with Crippen molar-refractivity contribution in [2.75, 3.05) is 6.54 Å². The second-order valence-corrected chi connectivity index (χ2v) is 5.71. The van der Waals surface area contributed by atoms with E-state index >= 15 is 0 Å². The van der Waals surface area contributed by atoms with Crippen LogP contribution in [0.25, 0.3) is 0 Å². The van der Waals surface area contributed by atoms with Gasteiger partial charge in [0.2, 0.25) is 0 Å². The average Bonchev–Trinajstić information content (AvgIpc) is 2.35. The van der Waals surface area contributed by atoms with Crippen LogP contribution >= 0.6 is 15.9 Å². The molecule has 0 aliphatic carbocycles. The molecule has 0 bridgehead atoms. The first-order valence-corrected chi connectivity index (χ1v) is 6.40. The fraction of sp³-hybridized carbons (Fsp3) is 0.333. The Hall–Kier alpha value is -1.96. The lowest BCUT2D eigenvalue weighted by atomic mass is 9.94. The molecule has 20 heavy (non-hydrogen) atoms. The quantitative estimate of drug-likeness (QED) is 0.628. The van der Waals surface area contributed by atoms with Gasteiger partial charge in [-0.2, -0.15) is 0 Å². The van der Waals surface area contributed by atoms with Gasteiger partial charge in [0.15, 0.2) is 0 Å². The number of hydrogen-bond donors (Lipinski definition) is 2. The molecule has 1 aromatic rings. The maximum Gasteiger partial charge on any atom is 0.310 e. The number of carbonyl (C=O) groups is 2. The molecule has 1 rings (SSSR count). The van der Waals surface area contributed by atoms with E-state index in [1.165, 1.54) is 32.0 Å². The number of halogens is 1. The van der Waals surface area contributed by atoms with Crippen molar-refractivity contribution >= 4 is 33.5 Å². The van der Waals surface area contributed by atoms with Gasteiger partial charge in [0.1, 0.15) is 5.56 Å². The summed E-state index contributed by atoms with van der Waals surface area (Å²) in [7, 11) is 0. The highest BCUT2D eigenvalue weighted by Gasteiger charge is 2.29. The number of aliphatic carboxylic acids is 1. The van der Waals surface area contributed by atoms with Crippen LogP contribution in [0.5, 0.6) is 0 Å². The van der Waals surface area contributed by atoms with E-state index in [0.29, 0.717) is 4.47 Å². The third-order valence-corrected chi connectivity index (χ3v) is 3.16. The van der Waals surface area contributed by atoms with Gasteiger partial charge in [0.05, 0.1) is 10.3 Å². The largest absolute Gasteiger partial charge is 0.481 e. The lowest BCUT2D eigenvalue weighted by Gasteiger charge is -2.19. The zero-order chi connectivity index (χ0) is 15.5. The first-order valence-electron chi connectivity index (χ1n) is 5.60. The van der Waals surface area contributed by atoms with E-state index in [-0.39, 0.29) is 17.8 Å². The molecule has 7 nitrogen and oxygen atoms in total. The Morgan fingerprint density at radius 2 is 2.05 bits per heavy atom. The molecule has 0 atom stereocenters. The minimum atomic E-state index is -1.15. The summed E-state index contributed by atoms with van der Waals surface area (Å²) in [5.41, 5.74) is -1.61. The van der Waals surface area contributed by atoms with Gasteiger partial charge in [0, 0.05) is 17.1 Å². The van der Waals surface area contributed by atoms with Crippen LogP contribution in [-0.2, 0) is 4.79 Å². The monoisotopic (exact) mass is 344 g/mol. The summed E-state index contributed by atoms with van der Waals surface area (Å²) in [5.74, 6) is -1.75. The third kappa shape index (κ3) is 3.77. The molecule has 1 amide bonds. The predicted molar refractivity (Wildman–Crippen MR) is 74.5 cm³/mol. The van der Waals surface area contributed by atoms with Crippen molar-refractivity contribution in [2.24, 2.45) is 5.41 Å². The van der Waals surface area contributed by atoms with Crippen molar-refractivity contribution in [3.63, 3.8) is 0 Å². The normalized spacial score (nSPS) is 10.9. The van der Waals surface area contributed by atoms with Crippen molar-refractivity contribution in [2.45, 2.75) is 13.8 Å². The zero-order valence-electron chi connectivity index (χ0n) is 10.8. The Balaban J connectivity index is 2.94. The Morgan fingerprint density at radius 1 is 1.45 bits per heavy atom. The zero-order valence-corrected chi connectivity index (χ0v) is 12.4. The smallest absolute Gasteiger partial charge is 0.310 e. The fourth-order valence-electron chi connectivity index (χ4n) is 1.32. The number of nitro benzene ring substituents is 1. The minimum absolute atomic E-state index is 0.112. The summed E-state index contributed by atoms with van der Waals surface area (Å²) in [5, 5.41) is 22.2. The molecule has 0 radical (unpaired) electrons. The van der Waals surface area contributed by atoms with Crippen molar-refractivity contribution in [3.8, 4) is 0 Å². The van der Waals surface area contributed by atoms with Crippen LogP contribution < -0.4 is 5.32 Å². The summed E-state index contributed by atoms with van der Waals surface area (Å²) in [6.07, 6.45) is 0. The molecule has 0 aliphatic rings. The number of hydrogen-bond acceptors (Lipinski definition) is 4. The molecule has 0 unspecified atom stereocenters. The van der Waals surface area contributed by atoms with Crippen LogP contribution in [0, 0.1) is 15.5 Å². The topological polar surface area (TPSA) is 110 Å². The molecular weight excluding hydrogens is 332 g/mol. The molecule has 0 saturated heterocycles. The van der Waals surface area contributed by atoms with Gasteiger partial charge in [-0.05, 0) is 26.0 Å². The van der Waals surface area contributed by atoms with E-state index in [4.69, 9.17) is 5.11 Å². The van der Waals surface area contributed by atoms with Crippen molar-refractivity contribution < 1.29 is 19.6 Å². The Kier molecular flexibility index (Phi) is 4.83. The second-order valence-electron chi connectivity index (χ2n) is 4.79. The first-order chi connectivity index (χ1) is 9.15. The second kappa shape index (κ2) is 6.00. The maximum atomic E-state index is 11.9. The van der Waals surface area contributed by atoms with E-state index < -0.39 is 22.2 Å². The van der Waals surface area contributed by atoms with Crippen molar-refractivity contribution in [3.05, 3.63) is 38.3 Å². The third-order valence-electron chi connectivity index (χ3n) is 2.67. The Morgan fingerprint density at radius 3 is 2.55 bits per heavy atom. The number of nitrogens with one attached hydrogen (secondary N) is 1. The summed E-state index contributed by atoms with van der Waals surface area (Å²) in [6.45, 7) is 2.77. The van der Waals surface area contributed by atoms with Gasteiger partial charge < -0.3 is 10.4 Å². The number of nitro groups is 1. The minimum Gasteiger partial charge on any atom is -0.481 e. The van der Waals surface area contributed by atoms with Crippen molar-refractivity contribution in [1.29, 1.82) is 0 Å². The first kappa shape index (κ1) is 16.1. The molecule has 0 saturated carbocycles. The fourth-order valence-corrected chi connectivity index (χ4v) is 1.67. The summed E-state index contributed by atoms with van der Waals surface area (Å²) < 4.78 is 0.478. The van der Waals surface area contributed by atoms with E-state index in [0.717, 1.165) is 0 Å². The number of carboxylic acids is 1. The summed E-state index contributed by atoms with van der Waals surface area (Å²) >= 11 is 3.09. The van der Waals surface area contributed by atoms with E-state index in [9.17, 15) is 19.7 Å². The summed E-state index contributed by atoms with van der Waals surface area (Å²) in [6, 6.07) is 4.03. The number of carboxylic acid groups (broad SMARTS) is 1. The van der Waals surface area contributed by atoms with Crippen LogP contribution in [0.3, 0.4) is 0 Å². The van der Waals surface area contributed by atoms with Gasteiger partial charge in [-0.15, -0.1) is 0 Å². The molecule has 2 N–H and O–H groups in total. The maximum absolute atomic E-state index is 11.9. The molecule has 0 aliphatic heterocycles. The van der Waals surface area contributed by atoms with Gasteiger partial charge in [-0.3, -0.25) is 19.7 Å². The Bertz CT molecular complexity index is 571. The molecule has 0 heterocycles. The number of carbonyl (C=O) groups excluding carboxylic acids is 1. The van der Waals surface area contributed by atoms with Crippen LogP contribution in [0.1, 0.15) is 24.2 Å². The lowest BCUT2D eigenvalue weighted by molar-refractivity contribution is -0.385. The molecule has 0 fully saturated rings. The van der Waals surface area contributed by atoms with Crippen LogP contribution in [-0.4, -0.2) is 28.5 Å². The van der Waals surface area contributed by atoms with Crippen LogP contribution in [0.4, 0.5) is 5.69 Å². The van der Waals surface area contributed by atoms with Crippen molar-refractivity contribution in [1.82, 2.24) is 5.32 Å². The molecule has 1 aromatic carbocycles. The van der Waals surface area contributed by atoms with E-state index in [1.54, 1.807) is 0 Å². The highest BCUT2D eigenvalue weighted by Crippen LogP contribution is 2.23. The number of nitrogens with zero attached hydrogens (tertiary/aromatic N) is 1. The average molecular weight is 345 g/mol. The van der Waals surface area contributed by atoms with Gasteiger partial charge in [0.25, 0.3) is 11.6 Å². The predicted octanol–water partition coefficient (Wildman–Crippen LogP) is 2.20. The van der Waals surface area contributed by atoms with Crippen LogP contribution in [0.15, 0.2) is 22.7 Å². The lowest BCUT2D eigenvalue weighted by Crippen LogP contribution is -2.39. The molecular formula is C12H13BrN2O5. The summed E-state index contributed by atoms with van der Waals surface area (Å²) in [4.78, 5) is 33.1. The molecule has 0 aromatic heterocycles. The van der Waals surface area contributed by atoms with Gasteiger partial charge >= 0.3 is 5.97 Å². The standard InChI is InChI=1S/C12H13BrN2O5/c1-12(2,11(17)18)6-14-10(16)8-4-3-7(13)5-9(8)15(19)20/h3-5H,6H2,1-2H3,(H,14,16)(H,17,18). The number of benzene rings is 1. The van der Waals surface area contributed by atoms with Crippen LogP contribution in [0.2, 0.25) is 0 Å². The van der Waals surface area contributed by atoms with Gasteiger partial charge in [-0.25, -0.2) is 0 Å². The highest BCUT2D eigenvalue weighted by molar-refractivity contribution is 9.10. The molecule has 108 valence electrons. The van der Waals surface area contributed by atoms with Gasteiger partial charge in [-0.1, -0.05) is 15.9 Å². The van der Waals surface area contributed by atoms with E-state index in [1.807, 2.05) is 0 Å². The molecule has 8 heteroatoms. The SMILES string of the molecule is CC(C)(CNC(=O)c1ccc(Br)cc1[N+](=O)[O-])C(=O)O. The van der Waals surface area contributed by atoms with E-state index in [2.05, 4.69) is 21.2 Å².